The van der Waals surface area contributed by atoms with Crippen LogP contribution in [0.4, 0.5) is 0 Å². The highest BCUT2D eigenvalue weighted by Gasteiger charge is 2.40. The fourth-order valence-electron chi connectivity index (χ4n) is 2.88. The summed E-state index contributed by atoms with van der Waals surface area (Å²) in [7, 11) is 0. The van der Waals surface area contributed by atoms with E-state index in [2.05, 4.69) is 22.2 Å². The SMILES string of the molecule is CCc1nnc2sc(C3CC(C)CC3C(=O)O)nn12. The molecular formula is C12H16N4O2S. The molecule has 1 aliphatic rings. The normalized spacial score (nSPS) is 27.2. The van der Waals surface area contributed by atoms with Gasteiger partial charge in [-0.15, -0.1) is 10.2 Å². The summed E-state index contributed by atoms with van der Waals surface area (Å²) in [6.07, 6.45) is 2.40. The number of fused-ring (bicyclic) bond motifs is 1. The Labute approximate surface area is 114 Å². The molecule has 0 bridgehead atoms. The third-order valence-corrected chi connectivity index (χ3v) is 4.85. The van der Waals surface area contributed by atoms with E-state index in [0.29, 0.717) is 5.92 Å². The first-order valence-corrected chi connectivity index (χ1v) is 7.35. The van der Waals surface area contributed by atoms with Gasteiger partial charge >= 0.3 is 5.97 Å². The van der Waals surface area contributed by atoms with Gasteiger partial charge < -0.3 is 5.11 Å². The van der Waals surface area contributed by atoms with Gasteiger partial charge in [-0.25, -0.2) is 0 Å². The maximum absolute atomic E-state index is 11.3. The number of rotatable bonds is 3. The van der Waals surface area contributed by atoms with Crippen molar-refractivity contribution >= 4 is 22.3 Å². The molecule has 0 aliphatic heterocycles. The first-order chi connectivity index (χ1) is 9.10. The van der Waals surface area contributed by atoms with Gasteiger partial charge in [0, 0.05) is 12.3 Å². The molecule has 0 saturated heterocycles. The maximum atomic E-state index is 11.3. The number of hydrogen-bond acceptors (Lipinski definition) is 5. The van der Waals surface area contributed by atoms with Crippen molar-refractivity contribution in [1.82, 2.24) is 19.8 Å². The first-order valence-electron chi connectivity index (χ1n) is 6.54. The predicted octanol–water partition coefficient (Wildman–Crippen LogP) is 1.96. The van der Waals surface area contributed by atoms with Crippen molar-refractivity contribution in [2.45, 2.75) is 39.0 Å². The summed E-state index contributed by atoms with van der Waals surface area (Å²) in [5.74, 6) is 0.255. The number of nitrogens with zero attached hydrogens (tertiary/aromatic N) is 4. The third kappa shape index (κ3) is 2.01. The predicted molar refractivity (Wildman–Crippen MR) is 70.3 cm³/mol. The molecule has 102 valence electrons. The topological polar surface area (TPSA) is 80.4 Å². The zero-order valence-electron chi connectivity index (χ0n) is 10.9. The van der Waals surface area contributed by atoms with E-state index in [4.69, 9.17) is 0 Å². The molecule has 1 aliphatic carbocycles. The minimum atomic E-state index is -0.712. The lowest BCUT2D eigenvalue weighted by Crippen LogP contribution is -2.17. The molecule has 19 heavy (non-hydrogen) atoms. The average molecular weight is 280 g/mol. The zero-order chi connectivity index (χ0) is 13.6. The summed E-state index contributed by atoms with van der Waals surface area (Å²) in [5, 5.41) is 22.9. The molecule has 7 heteroatoms. The van der Waals surface area contributed by atoms with Crippen molar-refractivity contribution in [2.75, 3.05) is 0 Å². The van der Waals surface area contributed by atoms with Crippen LogP contribution in [0.25, 0.3) is 4.96 Å². The largest absolute Gasteiger partial charge is 0.481 e. The van der Waals surface area contributed by atoms with Gasteiger partial charge in [0.1, 0.15) is 5.01 Å². The molecule has 3 unspecified atom stereocenters. The number of hydrogen-bond donors (Lipinski definition) is 1. The lowest BCUT2D eigenvalue weighted by atomic mass is 9.97. The molecule has 2 heterocycles. The van der Waals surface area contributed by atoms with Crippen LogP contribution in [0.15, 0.2) is 0 Å². The van der Waals surface area contributed by atoms with E-state index in [0.717, 1.165) is 35.1 Å². The summed E-state index contributed by atoms with van der Waals surface area (Å²) < 4.78 is 1.75. The third-order valence-electron chi connectivity index (χ3n) is 3.82. The van der Waals surface area contributed by atoms with Crippen LogP contribution >= 0.6 is 11.3 Å². The Morgan fingerprint density at radius 2 is 2.26 bits per heavy atom. The van der Waals surface area contributed by atoms with Gasteiger partial charge in [-0.1, -0.05) is 25.2 Å². The smallest absolute Gasteiger partial charge is 0.307 e. The lowest BCUT2D eigenvalue weighted by Gasteiger charge is -2.11. The Hall–Kier alpha value is -1.50. The Morgan fingerprint density at radius 3 is 2.95 bits per heavy atom. The second kappa shape index (κ2) is 4.56. The Morgan fingerprint density at radius 1 is 1.47 bits per heavy atom. The molecule has 1 fully saturated rings. The van der Waals surface area contributed by atoms with Crippen LogP contribution in [0.2, 0.25) is 0 Å². The number of aryl methyl sites for hydroxylation is 1. The second-order valence-electron chi connectivity index (χ2n) is 5.23. The summed E-state index contributed by atoms with van der Waals surface area (Å²) in [4.78, 5) is 12.1. The van der Waals surface area contributed by atoms with Gasteiger partial charge in [0.2, 0.25) is 4.96 Å². The van der Waals surface area contributed by atoms with Gasteiger partial charge in [-0.2, -0.15) is 9.61 Å². The standard InChI is InChI=1S/C12H16N4O2S/c1-3-9-13-14-12-16(9)15-10(19-12)7-4-6(2)5-8(7)11(17)18/h6-8H,3-5H2,1-2H3,(H,17,18). The molecule has 0 amide bonds. The van der Waals surface area contributed by atoms with Crippen molar-refractivity contribution in [1.29, 1.82) is 0 Å². The van der Waals surface area contributed by atoms with Gasteiger partial charge in [0.15, 0.2) is 5.82 Å². The van der Waals surface area contributed by atoms with Crippen LogP contribution in [0, 0.1) is 11.8 Å². The first kappa shape index (κ1) is 12.5. The van der Waals surface area contributed by atoms with Crippen LogP contribution in [0.1, 0.15) is 43.4 Å². The number of aromatic nitrogens is 4. The van der Waals surface area contributed by atoms with Crippen LogP contribution < -0.4 is 0 Å². The molecule has 1 saturated carbocycles. The van der Waals surface area contributed by atoms with E-state index >= 15 is 0 Å². The van der Waals surface area contributed by atoms with Crippen molar-refractivity contribution < 1.29 is 9.90 Å². The summed E-state index contributed by atoms with van der Waals surface area (Å²) in [6.45, 7) is 4.11. The minimum absolute atomic E-state index is 0.0175. The van der Waals surface area contributed by atoms with Crippen LogP contribution in [0.5, 0.6) is 0 Å². The Kier molecular flexibility index (Phi) is 3.00. The average Bonchev–Trinajstić information content (AvgIpc) is 3.00. The monoisotopic (exact) mass is 280 g/mol. The maximum Gasteiger partial charge on any atom is 0.307 e. The van der Waals surface area contributed by atoms with Crippen molar-refractivity contribution in [2.24, 2.45) is 11.8 Å². The second-order valence-corrected chi connectivity index (χ2v) is 6.22. The van der Waals surface area contributed by atoms with E-state index in [1.54, 1.807) is 4.52 Å². The van der Waals surface area contributed by atoms with Crippen LogP contribution in [-0.4, -0.2) is 30.9 Å². The van der Waals surface area contributed by atoms with Crippen molar-refractivity contribution in [3.05, 3.63) is 10.8 Å². The molecule has 3 rings (SSSR count). The van der Waals surface area contributed by atoms with E-state index in [-0.39, 0.29) is 11.8 Å². The van der Waals surface area contributed by atoms with Crippen LogP contribution in [-0.2, 0) is 11.2 Å². The van der Waals surface area contributed by atoms with Gasteiger partial charge in [-0.3, -0.25) is 4.79 Å². The molecule has 3 atom stereocenters. The van der Waals surface area contributed by atoms with Gasteiger partial charge in [0.25, 0.3) is 0 Å². The fraction of sp³-hybridized carbons (Fsp3) is 0.667. The van der Waals surface area contributed by atoms with E-state index in [1.807, 2.05) is 6.92 Å². The molecule has 6 nitrogen and oxygen atoms in total. The van der Waals surface area contributed by atoms with Crippen molar-refractivity contribution in [3.8, 4) is 0 Å². The highest BCUT2D eigenvalue weighted by molar-refractivity contribution is 7.16. The number of carboxylic acid groups (broad SMARTS) is 1. The quantitative estimate of drug-likeness (QED) is 0.929. The lowest BCUT2D eigenvalue weighted by molar-refractivity contribution is -0.142. The number of carboxylic acids is 1. The molecule has 0 radical (unpaired) electrons. The zero-order valence-corrected chi connectivity index (χ0v) is 11.7. The number of aliphatic carboxylic acids is 1. The highest BCUT2D eigenvalue weighted by Crippen LogP contribution is 2.44. The Balaban J connectivity index is 1.98. The van der Waals surface area contributed by atoms with Crippen molar-refractivity contribution in [3.63, 3.8) is 0 Å². The molecule has 1 N–H and O–H groups in total. The summed E-state index contributed by atoms with van der Waals surface area (Å²) >= 11 is 1.47. The van der Waals surface area contributed by atoms with E-state index in [9.17, 15) is 9.90 Å². The molecule has 0 aromatic carbocycles. The summed E-state index contributed by atoms with van der Waals surface area (Å²) in [6, 6.07) is 0. The Bertz CT molecular complexity index is 620. The van der Waals surface area contributed by atoms with E-state index < -0.39 is 5.97 Å². The van der Waals surface area contributed by atoms with Gasteiger partial charge in [-0.05, 0) is 18.8 Å². The highest BCUT2D eigenvalue weighted by atomic mass is 32.1. The van der Waals surface area contributed by atoms with Crippen LogP contribution in [0.3, 0.4) is 0 Å². The molecule has 2 aromatic rings. The van der Waals surface area contributed by atoms with E-state index in [1.165, 1.54) is 11.3 Å². The fourth-order valence-corrected chi connectivity index (χ4v) is 3.92. The molecule has 0 spiro atoms. The summed E-state index contributed by atoms with van der Waals surface area (Å²) in [5.41, 5.74) is 0. The number of carbonyl (C=O) groups is 1. The minimum Gasteiger partial charge on any atom is -0.481 e. The molecular weight excluding hydrogens is 264 g/mol. The molecule has 2 aromatic heterocycles. The van der Waals surface area contributed by atoms with Gasteiger partial charge in [0.05, 0.1) is 5.92 Å².